The van der Waals surface area contributed by atoms with Crippen molar-refractivity contribution in [2.75, 3.05) is 13.2 Å². The van der Waals surface area contributed by atoms with Gasteiger partial charge in [-0.3, -0.25) is 4.79 Å². The molecule has 1 aromatic carbocycles. The standard InChI is InChI=1S/C14H14N2O3S/c1-9-13(20-8-16-9)14(17)15-7-10-2-3-11-12(6-10)19-5-4-18-11/h2-3,6,8H,4-5,7H2,1H3,(H,15,17). The van der Waals surface area contributed by atoms with Crippen LogP contribution in [0.1, 0.15) is 20.9 Å². The van der Waals surface area contributed by atoms with E-state index in [0.29, 0.717) is 24.6 Å². The average Bonchev–Trinajstić information content (AvgIpc) is 2.91. The van der Waals surface area contributed by atoms with E-state index in [1.165, 1.54) is 11.3 Å². The lowest BCUT2D eigenvalue weighted by molar-refractivity contribution is 0.0954. The van der Waals surface area contributed by atoms with Gasteiger partial charge in [0.25, 0.3) is 5.91 Å². The van der Waals surface area contributed by atoms with Crippen molar-refractivity contribution in [1.82, 2.24) is 10.3 Å². The number of benzene rings is 1. The summed E-state index contributed by atoms with van der Waals surface area (Å²) in [5.74, 6) is 1.39. The first-order chi connectivity index (χ1) is 9.74. The lowest BCUT2D eigenvalue weighted by atomic mass is 10.2. The Morgan fingerprint density at radius 2 is 2.15 bits per heavy atom. The van der Waals surface area contributed by atoms with Crippen LogP contribution in [-0.2, 0) is 6.54 Å². The smallest absolute Gasteiger partial charge is 0.263 e. The minimum absolute atomic E-state index is 0.0973. The predicted octanol–water partition coefficient (Wildman–Crippen LogP) is 2.15. The van der Waals surface area contributed by atoms with Crippen LogP contribution in [0.25, 0.3) is 0 Å². The second-order valence-electron chi connectivity index (χ2n) is 4.43. The van der Waals surface area contributed by atoms with Gasteiger partial charge in [-0.25, -0.2) is 4.98 Å². The molecule has 1 aliphatic heterocycles. The fraction of sp³-hybridized carbons (Fsp3) is 0.286. The normalized spacial score (nSPS) is 13.1. The minimum Gasteiger partial charge on any atom is -0.486 e. The van der Waals surface area contributed by atoms with Crippen molar-refractivity contribution in [3.8, 4) is 11.5 Å². The first kappa shape index (κ1) is 12.9. The molecule has 104 valence electrons. The molecule has 0 saturated heterocycles. The fourth-order valence-corrected chi connectivity index (χ4v) is 2.70. The van der Waals surface area contributed by atoms with Gasteiger partial charge in [-0.1, -0.05) is 6.07 Å². The Balaban J connectivity index is 1.67. The van der Waals surface area contributed by atoms with E-state index >= 15 is 0 Å². The predicted molar refractivity (Wildman–Crippen MR) is 75.5 cm³/mol. The van der Waals surface area contributed by atoms with E-state index in [0.717, 1.165) is 22.8 Å². The van der Waals surface area contributed by atoms with Gasteiger partial charge in [-0.15, -0.1) is 11.3 Å². The SMILES string of the molecule is Cc1ncsc1C(=O)NCc1ccc2c(c1)OCCO2. The first-order valence-corrected chi connectivity index (χ1v) is 7.19. The van der Waals surface area contributed by atoms with Gasteiger partial charge in [0.2, 0.25) is 0 Å². The molecule has 0 atom stereocenters. The Labute approximate surface area is 120 Å². The highest BCUT2D eigenvalue weighted by atomic mass is 32.1. The summed E-state index contributed by atoms with van der Waals surface area (Å²) in [6, 6.07) is 5.69. The van der Waals surface area contributed by atoms with Crippen LogP contribution in [0.3, 0.4) is 0 Å². The van der Waals surface area contributed by atoms with Gasteiger partial charge < -0.3 is 14.8 Å². The third-order valence-corrected chi connectivity index (χ3v) is 3.94. The fourth-order valence-electron chi connectivity index (χ4n) is 1.98. The van der Waals surface area contributed by atoms with E-state index in [9.17, 15) is 4.79 Å². The van der Waals surface area contributed by atoms with Crippen LogP contribution in [-0.4, -0.2) is 24.1 Å². The van der Waals surface area contributed by atoms with Gasteiger partial charge in [-0.2, -0.15) is 0 Å². The number of hydrogen-bond donors (Lipinski definition) is 1. The molecular formula is C14H14N2O3S. The Hall–Kier alpha value is -2.08. The molecule has 1 N–H and O–H groups in total. The van der Waals surface area contributed by atoms with E-state index in [2.05, 4.69) is 10.3 Å². The van der Waals surface area contributed by atoms with E-state index in [-0.39, 0.29) is 5.91 Å². The summed E-state index contributed by atoms with van der Waals surface area (Å²) in [6.45, 7) is 3.42. The average molecular weight is 290 g/mol. The number of aromatic nitrogens is 1. The largest absolute Gasteiger partial charge is 0.486 e. The molecule has 0 unspecified atom stereocenters. The van der Waals surface area contributed by atoms with Crippen molar-refractivity contribution < 1.29 is 14.3 Å². The Bertz CT molecular complexity index is 639. The number of nitrogens with zero attached hydrogens (tertiary/aromatic N) is 1. The number of aryl methyl sites for hydroxylation is 1. The number of amides is 1. The summed E-state index contributed by atoms with van der Waals surface area (Å²) in [7, 11) is 0. The number of fused-ring (bicyclic) bond motifs is 1. The van der Waals surface area contributed by atoms with Crippen LogP contribution in [0, 0.1) is 6.92 Å². The van der Waals surface area contributed by atoms with E-state index in [1.54, 1.807) is 5.51 Å². The van der Waals surface area contributed by atoms with Crippen LogP contribution in [0.4, 0.5) is 0 Å². The van der Waals surface area contributed by atoms with Crippen LogP contribution in [0.15, 0.2) is 23.7 Å². The summed E-state index contributed by atoms with van der Waals surface area (Å²) in [4.78, 5) is 16.7. The number of rotatable bonds is 3. The number of carbonyl (C=O) groups is 1. The second kappa shape index (κ2) is 5.50. The zero-order valence-electron chi connectivity index (χ0n) is 11.0. The molecule has 2 aromatic rings. The van der Waals surface area contributed by atoms with Crippen LogP contribution >= 0.6 is 11.3 Å². The molecule has 5 nitrogen and oxygen atoms in total. The molecule has 0 fully saturated rings. The van der Waals surface area contributed by atoms with Gasteiger partial charge in [0.15, 0.2) is 11.5 Å². The second-order valence-corrected chi connectivity index (χ2v) is 5.28. The molecule has 3 rings (SSSR count). The lowest BCUT2D eigenvalue weighted by Crippen LogP contribution is -2.23. The maximum Gasteiger partial charge on any atom is 0.263 e. The van der Waals surface area contributed by atoms with Gasteiger partial charge in [-0.05, 0) is 24.6 Å². The lowest BCUT2D eigenvalue weighted by Gasteiger charge is -2.18. The summed E-state index contributed by atoms with van der Waals surface area (Å²) in [5, 5.41) is 2.88. The van der Waals surface area contributed by atoms with Crippen molar-refractivity contribution >= 4 is 17.2 Å². The Kier molecular flexibility index (Phi) is 3.56. The number of carbonyl (C=O) groups excluding carboxylic acids is 1. The Morgan fingerprint density at radius 1 is 1.35 bits per heavy atom. The molecular weight excluding hydrogens is 276 g/mol. The molecule has 1 amide bonds. The molecule has 2 heterocycles. The van der Waals surface area contributed by atoms with Crippen LogP contribution in [0.5, 0.6) is 11.5 Å². The van der Waals surface area contributed by atoms with Crippen LogP contribution < -0.4 is 14.8 Å². The van der Waals surface area contributed by atoms with E-state index in [4.69, 9.17) is 9.47 Å². The number of hydrogen-bond acceptors (Lipinski definition) is 5. The first-order valence-electron chi connectivity index (χ1n) is 6.31. The zero-order chi connectivity index (χ0) is 13.9. The summed E-state index contributed by atoms with van der Waals surface area (Å²) >= 11 is 1.35. The maximum absolute atomic E-state index is 12.0. The number of ether oxygens (including phenoxy) is 2. The quantitative estimate of drug-likeness (QED) is 0.941. The molecule has 0 bridgehead atoms. The van der Waals surface area contributed by atoms with Gasteiger partial charge in [0, 0.05) is 6.54 Å². The van der Waals surface area contributed by atoms with Crippen molar-refractivity contribution in [1.29, 1.82) is 0 Å². The van der Waals surface area contributed by atoms with Crippen molar-refractivity contribution in [2.45, 2.75) is 13.5 Å². The third-order valence-electron chi connectivity index (χ3n) is 3.01. The van der Waals surface area contributed by atoms with E-state index in [1.807, 2.05) is 25.1 Å². The molecule has 0 spiro atoms. The molecule has 0 saturated carbocycles. The molecule has 6 heteroatoms. The van der Waals surface area contributed by atoms with Gasteiger partial charge in [0.1, 0.15) is 18.1 Å². The summed E-state index contributed by atoms with van der Waals surface area (Å²) < 4.78 is 11.0. The van der Waals surface area contributed by atoms with Crippen LogP contribution in [0.2, 0.25) is 0 Å². The zero-order valence-corrected chi connectivity index (χ0v) is 11.8. The topological polar surface area (TPSA) is 60.5 Å². The molecule has 20 heavy (non-hydrogen) atoms. The highest BCUT2D eigenvalue weighted by Gasteiger charge is 2.14. The van der Waals surface area contributed by atoms with Gasteiger partial charge in [0.05, 0.1) is 11.2 Å². The Morgan fingerprint density at radius 3 is 2.90 bits per heavy atom. The number of nitrogens with one attached hydrogen (secondary N) is 1. The van der Waals surface area contributed by atoms with Crippen molar-refractivity contribution in [3.05, 3.63) is 39.8 Å². The molecule has 1 aliphatic rings. The van der Waals surface area contributed by atoms with Crippen molar-refractivity contribution in [3.63, 3.8) is 0 Å². The van der Waals surface area contributed by atoms with E-state index < -0.39 is 0 Å². The van der Waals surface area contributed by atoms with Gasteiger partial charge >= 0.3 is 0 Å². The summed E-state index contributed by atoms with van der Waals surface area (Å²) in [6.07, 6.45) is 0. The third kappa shape index (κ3) is 2.60. The molecule has 1 aromatic heterocycles. The highest BCUT2D eigenvalue weighted by Crippen LogP contribution is 2.30. The molecule has 0 radical (unpaired) electrons. The maximum atomic E-state index is 12.0. The summed E-state index contributed by atoms with van der Waals surface area (Å²) in [5.41, 5.74) is 3.41. The molecule has 0 aliphatic carbocycles. The number of thiazole rings is 1. The minimum atomic E-state index is -0.0973. The highest BCUT2D eigenvalue weighted by molar-refractivity contribution is 7.11. The monoisotopic (exact) mass is 290 g/mol. The van der Waals surface area contributed by atoms with Crippen molar-refractivity contribution in [2.24, 2.45) is 0 Å².